The van der Waals surface area contributed by atoms with Gasteiger partial charge in [0.2, 0.25) is 0 Å². The second-order valence-corrected chi connectivity index (χ2v) is 6.32. The smallest absolute Gasteiger partial charge is 0.356 e. The van der Waals surface area contributed by atoms with Crippen LogP contribution in [0.2, 0.25) is 0 Å². The van der Waals surface area contributed by atoms with E-state index in [1.54, 1.807) is 19.1 Å². The first kappa shape index (κ1) is 15.4. The maximum Gasteiger partial charge on any atom is 0.356 e. The third-order valence-corrected chi connectivity index (χ3v) is 4.26. The van der Waals surface area contributed by atoms with E-state index in [1.807, 2.05) is 0 Å². The Morgan fingerprint density at radius 3 is 2.05 bits per heavy atom. The third kappa shape index (κ3) is 3.19. The SMILES string of the molecule is CC(c1ccc(O)cc1)c1c(O)cc(O)cc1P(=O)(O)O. The first-order valence-corrected chi connectivity index (χ1v) is 7.72. The molecule has 6 nitrogen and oxygen atoms in total. The van der Waals surface area contributed by atoms with Gasteiger partial charge in [-0.05, 0) is 23.8 Å². The van der Waals surface area contributed by atoms with E-state index in [9.17, 15) is 29.7 Å². The molecule has 1 unspecified atom stereocenters. The maximum atomic E-state index is 11.6. The number of hydrogen-bond acceptors (Lipinski definition) is 4. The van der Waals surface area contributed by atoms with Gasteiger partial charge in [0.1, 0.15) is 17.2 Å². The van der Waals surface area contributed by atoms with Gasteiger partial charge in [0.25, 0.3) is 0 Å². The number of phenolic OH excluding ortho intramolecular Hbond substituents is 3. The maximum absolute atomic E-state index is 11.6. The lowest BCUT2D eigenvalue weighted by Gasteiger charge is -2.19. The zero-order valence-corrected chi connectivity index (χ0v) is 12.0. The number of hydrogen-bond donors (Lipinski definition) is 5. The Morgan fingerprint density at radius 1 is 0.952 bits per heavy atom. The van der Waals surface area contributed by atoms with Crippen LogP contribution in [0.5, 0.6) is 17.2 Å². The van der Waals surface area contributed by atoms with Crippen LogP contribution in [0.25, 0.3) is 0 Å². The molecule has 0 aliphatic carbocycles. The fraction of sp³-hybridized carbons (Fsp3) is 0.143. The summed E-state index contributed by atoms with van der Waals surface area (Å²) >= 11 is 0. The second-order valence-electron chi connectivity index (χ2n) is 4.75. The van der Waals surface area contributed by atoms with Crippen molar-refractivity contribution in [2.24, 2.45) is 0 Å². The van der Waals surface area contributed by atoms with E-state index >= 15 is 0 Å². The van der Waals surface area contributed by atoms with Gasteiger partial charge >= 0.3 is 7.60 Å². The largest absolute Gasteiger partial charge is 0.508 e. The Balaban J connectivity index is 2.62. The highest BCUT2D eigenvalue weighted by Crippen LogP contribution is 2.43. The molecule has 7 heteroatoms. The van der Waals surface area contributed by atoms with Gasteiger partial charge in [0.15, 0.2) is 0 Å². The molecule has 5 N–H and O–H groups in total. The van der Waals surface area contributed by atoms with E-state index in [1.165, 1.54) is 12.1 Å². The standard InChI is InChI=1S/C14H15O6P/c1-8(9-2-4-10(15)5-3-9)14-12(17)6-11(16)7-13(14)21(18,19)20/h2-8,15-17H,1H3,(H2,18,19,20). The zero-order valence-electron chi connectivity index (χ0n) is 11.1. The van der Waals surface area contributed by atoms with Gasteiger partial charge in [-0.1, -0.05) is 19.1 Å². The summed E-state index contributed by atoms with van der Waals surface area (Å²) in [5.41, 5.74) is 0.704. The van der Waals surface area contributed by atoms with Crippen molar-refractivity contribution in [1.82, 2.24) is 0 Å². The van der Waals surface area contributed by atoms with Gasteiger partial charge in [-0.3, -0.25) is 4.57 Å². The molecular formula is C14H15O6P. The van der Waals surface area contributed by atoms with Crippen molar-refractivity contribution in [2.45, 2.75) is 12.8 Å². The molecule has 0 radical (unpaired) electrons. The van der Waals surface area contributed by atoms with Gasteiger partial charge in [0.05, 0.1) is 5.30 Å². The summed E-state index contributed by atoms with van der Waals surface area (Å²) in [7, 11) is -4.66. The molecule has 0 heterocycles. The van der Waals surface area contributed by atoms with E-state index in [4.69, 9.17) is 0 Å². The van der Waals surface area contributed by atoms with E-state index < -0.39 is 30.3 Å². The van der Waals surface area contributed by atoms with Crippen LogP contribution in [-0.4, -0.2) is 25.1 Å². The average molecular weight is 310 g/mol. The minimum absolute atomic E-state index is 0.0480. The van der Waals surface area contributed by atoms with E-state index in [0.29, 0.717) is 5.56 Å². The van der Waals surface area contributed by atoms with Crippen molar-refractivity contribution in [2.75, 3.05) is 0 Å². The van der Waals surface area contributed by atoms with Gasteiger partial charge in [0, 0.05) is 17.5 Å². The van der Waals surface area contributed by atoms with Crippen molar-refractivity contribution in [3.05, 3.63) is 47.5 Å². The topological polar surface area (TPSA) is 118 Å². The lowest BCUT2D eigenvalue weighted by molar-refractivity contribution is 0.385. The van der Waals surface area contributed by atoms with Crippen LogP contribution >= 0.6 is 7.60 Å². The molecule has 0 spiro atoms. The molecule has 21 heavy (non-hydrogen) atoms. The normalized spacial score (nSPS) is 13.1. The van der Waals surface area contributed by atoms with E-state index in [2.05, 4.69) is 0 Å². The second kappa shape index (κ2) is 5.41. The minimum Gasteiger partial charge on any atom is -0.508 e. The molecule has 2 aromatic carbocycles. The zero-order chi connectivity index (χ0) is 15.8. The molecule has 0 aliphatic rings. The summed E-state index contributed by atoms with van der Waals surface area (Å²) in [6.07, 6.45) is 0. The van der Waals surface area contributed by atoms with Crippen molar-refractivity contribution in [1.29, 1.82) is 0 Å². The molecule has 0 fully saturated rings. The van der Waals surface area contributed by atoms with E-state index in [-0.39, 0.29) is 11.3 Å². The third-order valence-electron chi connectivity index (χ3n) is 3.26. The highest BCUT2D eigenvalue weighted by atomic mass is 31.2. The summed E-state index contributed by atoms with van der Waals surface area (Å²) in [6, 6.07) is 8.06. The van der Waals surface area contributed by atoms with Crippen LogP contribution in [0.15, 0.2) is 36.4 Å². The molecule has 2 aromatic rings. The average Bonchev–Trinajstić information content (AvgIpc) is 2.37. The summed E-state index contributed by atoms with van der Waals surface area (Å²) in [6.45, 7) is 1.66. The van der Waals surface area contributed by atoms with E-state index in [0.717, 1.165) is 12.1 Å². The molecule has 0 amide bonds. The predicted octanol–water partition coefficient (Wildman–Crippen LogP) is 1.76. The molecule has 0 saturated carbocycles. The number of phenols is 3. The van der Waals surface area contributed by atoms with Crippen molar-refractivity contribution in [3.63, 3.8) is 0 Å². The fourth-order valence-electron chi connectivity index (χ4n) is 2.22. The van der Waals surface area contributed by atoms with Crippen molar-refractivity contribution in [3.8, 4) is 17.2 Å². The number of rotatable bonds is 3. The highest BCUT2D eigenvalue weighted by molar-refractivity contribution is 7.60. The highest BCUT2D eigenvalue weighted by Gasteiger charge is 2.28. The lowest BCUT2D eigenvalue weighted by atomic mass is 9.92. The molecule has 112 valence electrons. The Morgan fingerprint density at radius 2 is 1.52 bits per heavy atom. The van der Waals surface area contributed by atoms with Crippen LogP contribution in [0.4, 0.5) is 0 Å². The Kier molecular flexibility index (Phi) is 3.96. The Labute approximate surface area is 121 Å². The molecule has 0 aromatic heterocycles. The molecule has 1 atom stereocenters. The summed E-state index contributed by atoms with van der Waals surface area (Å²) < 4.78 is 11.6. The van der Waals surface area contributed by atoms with Gasteiger partial charge in [-0.2, -0.15) is 0 Å². The fourth-order valence-corrected chi connectivity index (χ4v) is 3.15. The van der Waals surface area contributed by atoms with Gasteiger partial charge in [-0.15, -0.1) is 0 Å². The minimum atomic E-state index is -4.66. The summed E-state index contributed by atoms with van der Waals surface area (Å²) in [5, 5.41) is 28.3. The van der Waals surface area contributed by atoms with Crippen LogP contribution in [0.1, 0.15) is 24.0 Å². The van der Waals surface area contributed by atoms with Crippen LogP contribution in [-0.2, 0) is 4.57 Å². The number of aromatic hydroxyl groups is 3. The Bertz CT molecular complexity index is 704. The Hall–Kier alpha value is -2.01. The quantitative estimate of drug-likeness (QED) is 0.551. The van der Waals surface area contributed by atoms with Gasteiger partial charge in [-0.25, -0.2) is 0 Å². The molecular weight excluding hydrogens is 295 g/mol. The predicted molar refractivity (Wildman–Crippen MR) is 77.1 cm³/mol. The van der Waals surface area contributed by atoms with Gasteiger partial charge < -0.3 is 25.1 Å². The lowest BCUT2D eigenvalue weighted by Crippen LogP contribution is -2.14. The van der Waals surface area contributed by atoms with Crippen molar-refractivity contribution >= 4 is 12.9 Å². The van der Waals surface area contributed by atoms with Crippen LogP contribution < -0.4 is 5.30 Å². The summed E-state index contributed by atoms with van der Waals surface area (Å²) in [4.78, 5) is 18.8. The van der Waals surface area contributed by atoms with Crippen molar-refractivity contribution < 1.29 is 29.7 Å². The molecule has 2 rings (SSSR count). The van der Waals surface area contributed by atoms with Crippen LogP contribution in [0, 0.1) is 0 Å². The molecule has 0 saturated heterocycles. The number of benzene rings is 2. The molecule has 0 aliphatic heterocycles. The first-order chi connectivity index (χ1) is 9.70. The van der Waals surface area contributed by atoms with Crippen LogP contribution in [0.3, 0.4) is 0 Å². The first-order valence-electron chi connectivity index (χ1n) is 6.11. The monoisotopic (exact) mass is 310 g/mol. The summed E-state index contributed by atoms with van der Waals surface area (Å²) in [5.74, 6) is -1.29. The molecule has 0 bridgehead atoms.